The Bertz CT molecular complexity index is 121. The van der Waals surface area contributed by atoms with Crippen LogP contribution in [0.1, 0.15) is 0 Å². The molecule has 0 rings (SSSR count). The molecule has 0 unspecified atom stereocenters. The first-order valence-electron chi connectivity index (χ1n) is 2.66. The fourth-order valence-corrected chi connectivity index (χ4v) is 1.45. The van der Waals surface area contributed by atoms with Crippen LogP contribution in [0.15, 0.2) is 0 Å². The molecule has 0 fully saturated rings. The molecule has 0 spiro atoms. The summed E-state index contributed by atoms with van der Waals surface area (Å²) in [6, 6.07) is 0. The topological polar surface area (TPSA) is 0 Å². The minimum absolute atomic E-state index is 1.50. The van der Waals surface area contributed by atoms with Gasteiger partial charge in [0, 0.05) is 6.16 Å². The van der Waals surface area contributed by atoms with Gasteiger partial charge in [-0.25, -0.2) is 0 Å². The van der Waals surface area contributed by atoms with Gasteiger partial charge in [0.25, 0.3) is 0 Å². The molecule has 12 heavy (non-hydrogen) atoms. The van der Waals surface area contributed by atoms with Gasteiger partial charge in [-0.2, -0.15) is 26.3 Å². The minimum atomic E-state index is -5.35. The summed E-state index contributed by atoms with van der Waals surface area (Å²) in [6.07, 6.45) is -1.50. The Morgan fingerprint density at radius 1 is 0.833 bits per heavy atom. The van der Waals surface area contributed by atoms with Crippen LogP contribution in [0.25, 0.3) is 0 Å². The van der Waals surface area contributed by atoms with Crippen LogP contribution < -0.4 is 0 Å². The van der Waals surface area contributed by atoms with Crippen molar-refractivity contribution in [3.8, 4) is 0 Å². The first-order chi connectivity index (χ1) is 5.19. The van der Waals surface area contributed by atoms with Crippen molar-refractivity contribution in [2.24, 2.45) is 0 Å². The number of hydrogen-bond acceptors (Lipinski definition) is 0. The van der Waals surface area contributed by atoms with E-state index in [0.717, 1.165) is 0 Å². The zero-order chi connectivity index (χ0) is 9.99. The van der Waals surface area contributed by atoms with E-state index in [1.807, 2.05) is 0 Å². The average Bonchev–Trinajstić information content (AvgIpc) is 1.77. The van der Waals surface area contributed by atoms with Gasteiger partial charge in [-0.05, 0) is 0 Å². The summed E-state index contributed by atoms with van der Waals surface area (Å²) in [5.74, 6) is -10.7. The van der Waals surface area contributed by atoms with Crippen LogP contribution >= 0.6 is 7.92 Å². The second-order valence-corrected chi connectivity index (χ2v) is 4.09. The molecule has 0 aliphatic heterocycles. The SMILES string of the molecule is FCCP(C(F)(F)F)C(F)(F)F. The van der Waals surface area contributed by atoms with Crippen molar-refractivity contribution in [1.29, 1.82) is 0 Å². The number of hydrogen-bond donors (Lipinski definition) is 0. The van der Waals surface area contributed by atoms with Crippen LogP contribution in [0.5, 0.6) is 0 Å². The van der Waals surface area contributed by atoms with E-state index in [1.165, 1.54) is 0 Å². The third-order valence-electron chi connectivity index (χ3n) is 0.920. The lowest BCUT2D eigenvalue weighted by atomic mass is 10.9. The fraction of sp³-hybridized carbons (Fsp3) is 1.00. The van der Waals surface area contributed by atoms with E-state index < -0.39 is 32.6 Å². The van der Waals surface area contributed by atoms with Crippen molar-refractivity contribution in [3.05, 3.63) is 0 Å². The summed E-state index contributed by atoms with van der Waals surface area (Å²) in [5, 5.41) is 0. The van der Waals surface area contributed by atoms with E-state index in [9.17, 15) is 30.7 Å². The van der Waals surface area contributed by atoms with Crippen molar-refractivity contribution in [1.82, 2.24) is 0 Å². The van der Waals surface area contributed by atoms with Gasteiger partial charge in [0.15, 0.2) is 0 Å². The molecule has 0 aliphatic rings. The maximum Gasteiger partial charge on any atom is 0.414 e. The minimum Gasteiger partial charge on any atom is -0.251 e. The Morgan fingerprint density at radius 3 is 1.25 bits per heavy atom. The van der Waals surface area contributed by atoms with Crippen LogP contribution in [0.4, 0.5) is 30.7 Å². The van der Waals surface area contributed by atoms with Gasteiger partial charge in [0.1, 0.15) is 7.92 Å². The molecule has 0 aromatic heterocycles. The smallest absolute Gasteiger partial charge is 0.251 e. The van der Waals surface area contributed by atoms with Crippen molar-refractivity contribution in [3.63, 3.8) is 0 Å². The highest BCUT2D eigenvalue weighted by atomic mass is 31.1. The van der Waals surface area contributed by atoms with E-state index in [-0.39, 0.29) is 0 Å². The van der Waals surface area contributed by atoms with E-state index in [4.69, 9.17) is 0 Å². The van der Waals surface area contributed by atoms with Gasteiger partial charge in [-0.3, -0.25) is 4.39 Å². The predicted octanol–water partition coefficient (Wildman–Crippen LogP) is 3.48. The van der Waals surface area contributed by atoms with Gasteiger partial charge in [0.2, 0.25) is 0 Å². The largest absolute Gasteiger partial charge is 0.414 e. The summed E-state index contributed by atoms with van der Waals surface area (Å²) in [7, 11) is -4.22. The molecule has 0 bridgehead atoms. The standard InChI is InChI=1S/C4H4F7P/c5-1-2-12(3(6,7)8)4(9,10)11/h1-2H2. The molecular formula is C4H4F7P. The number of halogens is 7. The summed E-state index contributed by atoms with van der Waals surface area (Å²) in [4.78, 5) is 0. The lowest BCUT2D eigenvalue weighted by Gasteiger charge is -2.21. The quantitative estimate of drug-likeness (QED) is 0.489. The van der Waals surface area contributed by atoms with Crippen LogP contribution in [0, 0.1) is 0 Å². The van der Waals surface area contributed by atoms with E-state index >= 15 is 0 Å². The van der Waals surface area contributed by atoms with Gasteiger partial charge in [0.05, 0.1) is 6.67 Å². The lowest BCUT2D eigenvalue weighted by molar-refractivity contribution is -0.0834. The van der Waals surface area contributed by atoms with Crippen LogP contribution in [0.3, 0.4) is 0 Å². The molecule has 0 N–H and O–H groups in total. The highest BCUT2D eigenvalue weighted by molar-refractivity contribution is 7.59. The van der Waals surface area contributed by atoms with Crippen molar-refractivity contribution in [2.75, 3.05) is 12.8 Å². The Labute approximate surface area is 64.5 Å². The molecule has 0 amide bonds. The zero-order valence-electron chi connectivity index (χ0n) is 5.51. The third kappa shape index (κ3) is 3.56. The molecule has 0 atom stereocenters. The molecule has 0 saturated carbocycles. The molecule has 0 aliphatic carbocycles. The normalized spacial score (nSPS) is 14.0. The molecule has 8 heteroatoms. The second kappa shape index (κ2) is 3.77. The van der Waals surface area contributed by atoms with Gasteiger partial charge in [-0.15, -0.1) is 0 Å². The highest BCUT2D eigenvalue weighted by Gasteiger charge is 2.55. The Balaban J connectivity index is 4.45. The first-order valence-corrected chi connectivity index (χ1v) is 4.19. The van der Waals surface area contributed by atoms with Crippen molar-refractivity contribution >= 4 is 7.92 Å². The Kier molecular flexibility index (Phi) is 3.75. The van der Waals surface area contributed by atoms with Crippen LogP contribution in [0.2, 0.25) is 0 Å². The maximum atomic E-state index is 11.5. The molecule has 0 radical (unpaired) electrons. The molecule has 74 valence electrons. The van der Waals surface area contributed by atoms with Gasteiger partial charge >= 0.3 is 11.8 Å². The van der Waals surface area contributed by atoms with Crippen molar-refractivity contribution < 1.29 is 30.7 Å². The van der Waals surface area contributed by atoms with E-state index in [1.54, 1.807) is 0 Å². The number of alkyl halides is 7. The summed E-state index contributed by atoms with van der Waals surface area (Å²) >= 11 is 0. The van der Waals surface area contributed by atoms with E-state index in [0.29, 0.717) is 0 Å². The van der Waals surface area contributed by atoms with E-state index in [2.05, 4.69) is 0 Å². The monoisotopic (exact) mass is 216 g/mol. The second-order valence-electron chi connectivity index (χ2n) is 1.78. The van der Waals surface area contributed by atoms with Crippen LogP contribution in [-0.4, -0.2) is 24.7 Å². The predicted molar refractivity (Wildman–Crippen MR) is 29.9 cm³/mol. The highest BCUT2D eigenvalue weighted by Crippen LogP contribution is 2.64. The van der Waals surface area contributed by atoms with Crippen LogP contribution in [-0.2, 0) is 0 Å². The molecular weight excluding hydrogens is 212 g/mol. The number of rotatable bonds is 2. The molecule has 0 aromatic carbocycles. The van der Waals surface area contributed by atoms with Gasteiger partial charge < -0.3 is 0 Å². The first kappa shape index (κ1) is 11.9. The fourth-order valence-electron chi connectivity index (χ4n) is 0.482. The summed E-state index contributed by atoms with van der Waals surface area (Å²) < 4.78 is 80.6. The molecule has 0 aromatic rings. The van der Waals surface area contributed by atoms with Crippen molar-refractivity contribution in [2.45, 2.75) is 11.8 Å². The molecule has 0 heterocycles. The Hall–Kier alpha value is -0.0600. The molecule has 0 saturated heterocycles. The maximum absolute atomic E-state index is 11.5. The zero-order valence-corrected chi connectivity index (χ0v) is 6.40. The lowest BCUT2D eigenvalue weighted by Crippen LogP contribution is -2.20. The molecule has 0 nitrogen and oxygen atoms in total. The average molecular weight is 216 g/mol. The third-order valence-corrected chi connectivity index (χ3v) is 2.76. The Morgan fingerprint density at radius 2 is 1.17 bits per heavy atom. The summed E-state index contributed by atoms with van der Waals surface area (Å²) in [5.41, 5.74) is 0. The van der Waals surface area contributed by atoms with Gasteiger partial charge in [-0.1, -0.05) is 0 Å². The summed E-state index contributed by atoms with van der Waals surface area (Å²) in [6.45, 7) is -1.61.